The molecule has 7 heteroatoms. The lowest BCUT2D eigenvalue weighted by Crippen LogP contribution is -2.24. The summed E-state index contributed by atoms with van der Waals surface area (Å²) in [6.45, 7) is 0.420. The van der Waals surface area contributed by atoms with E-state index in [1.807, 2.05) is 54.6 Å². The Bertz CT molecular complexity index is 1100. The molecule has 1 heterocycles. The van der Waals surface area contributed by atoms with E-state index in [0.717, 1.165) is 17.3 Å². The monoisotopic (exact) mass is 399 g/mol. The van der Waals surface area contributed by atoms with Gasteiger partial charge in [-0.05, 0) is 11.1 Å². The van der Waals surface area contributed by atoms with E-state index in [9.17, 15) is 15.3 Å². The van der Waals surface area contributed by atoms with E-state index in [1.54, 1.807) is 12.1 Å². The van der Waals surface area contributed by atoms with Crippen LogP contribution in [0, 0.1) is 22.7 Å². The van der Waals surface area contributed by atoms with Gasteiger partial charge in [-0.2, -0.15) is 10.5 Å². The predicted octanol–water partition coefficient (Wildman–Crippen LogP) is 3.48. The number of rotatable bonds is 6. The van der Waals surface area contributed by atoms with E-state index < -0.39 is 0 Å². The maximum atomic E-state index is 12.2. The Morgan fingerprint density at radius 2 is 1.62 bits per heavy atom. The van der Waals surface area contributed by atoms with Gasteiger partial charge in [0.1, 0.15) is 28.5 Å². The molecule has 0 aliphatic carbocycles. The molecule has 142 valence electrons. The van der Waals surface area contributed by atoms with Crippen LogP contribution in [0.5, 0.6) is 0 Å². The Balaban J connectivity index is 1.83. The molecule has 0 atom stereocenters. The highest BCUT2D eigenvalue weighted by Gasteiger charge is 2.20. The summed E-state index contributed by atoms with van der Waals surface area (Å²) < 4.78 is 0. The molecule has 1 amide bonds. The van der Waals surface area contributed by atoms with Crippen molar-refractivity contribution in [3.05, 3.63) is 77.4 Å². The van der Waals surface area contributed by atoms with E-state index in [-0.39, 0.29) is 28.6 Å². The minimum atomic E-state index is -0.186. The van der Waals surface area contributed by atoms with Crippen LogP contribution in [0.3, 0.4) is 0 Å². The zero-order valence-corrected chi connectivity index (χ0v) is 16.2. The Labute approximate surface area is 173 Å². The molecule has 2 aromatic carbocycles. The van der Waals surface area contributed by atoms with E-state index >= 15 is 0 Å². The molecular weight excluding hydrogens is 382 g/mol. The normalized spacial score (nSPS) is 10.0. The maximum absolute atomic E-state index is 12.2. The van der Waals surface area contributed by atoms with Crippen LogP contribution in [-0.4, -0.2) is 16.6 Å². The molecule has 0 spiro atoms. The smallest absolute Gasteiger partial charge is 0.230 e. The fourth-order valence-corrected chi connectivity index (χ4v) is 3.60. The number of hydrogen-bond acceptors (Lipinski definition) is 6. The number of pyridine rings is 1. The van der Waals surface area contributed by atoms with Crippen LogP contribution in [0.4, 0.5) is 5.82 Å². The number of aromatic nitrogens is 1. The zero-order chi connectivity index (χ0) is 20.6. The van der Waals surface area contributed by atoms with Gasteiger partial charge < -0.3 is 11.1 Å². The van der Waals surface area contributed by atoms with Crippen molar-refractivity contribution in [2.45, 2.75) is 11.6 Å². The SMILES string of the molecule is N#Cc1c(N)nc(SCC(=O)NCc2ccccc2)c(C#N)c1-c1ccccc1. The van der Waals surface area contributed by atoms with Gasteiger partial charge in [0.2, 0.25) is 5.91 Å². The van der Waals surface area contributed by atoms with Crippen molar-refractivity contribution >= 4 is 23.5 Å². The highest BCUT2D eigenvalue weighted by molar-refractivity contribution is 8.00. The number of anilines is 1. The largest absolute Gasteiger partial charge is 0.383 e. The Hall–Kier alpha value is -3.81. The summed E-state index contributed by atoms with van der Waals surface area (Å²) in [7, 11) is 0. The lowest BCUT2D eigenvalue weighted by atomic mass is 9.97. The van der Waals surface area contributed by atoms with Gasteiger partial charge in [0.25, 0.3) is 0 Å². The fourth-order valence-electron chi connectivity index (χ4n) is 2.78. The van der Waals surface area contributed by atoms with Crippen molar-refractivity contribution in [1.82, 2.24) is 10.3 Å². The molecule has 0 fully saturated rings. The van der Waals surface area contributed by atoms with Crippen LogP contribution in [-0.2, 0) is 11.3 Å². The average molecular weight is 399 g/mol. The summed E-state index contributed by atoms with van der Waals surface area (Å²) in [6, 6.07) is 22.8. The van der Waals surface area contributed by atoms with Crippen molar-refractivity contribution in [1.29, 1.82) is 10.5 Å². The first-order chi connectivity index (χ1) is 14.1. The molecular formula is C22H17N5OS. The van der Waals surface area contributed by atoms with Gasteiger partial charge in [-0.15, -0.1) is 0 Å². The third-order valence-corrected chi connectivity index (χ3v) is 5.13. The van der Waals surface area contributed by atoms with Gasteiger partial charge >= 0.3 is 0 Å². The minimum absolute atomic E-state index is 0.0394. The number of nitrogens with one attached hydrogen (secondary N) is 1. The van der Waals surface area contributed by atoms with Crippen molar-refractivity contribution in [2.24, 2.45) is 0 Å². The second-order valence-electron chi connectivity index (χ2n) is 6.07. The number of nitrogens with zero attached hydrogens (tertiary/aromatic N) is 3. The highest BCUT2D eigenvalue weighted by atomic mass is 32.2. The second-order valence-corrected chi connectivity index (χ2v) is 7.03. The number of carbonyl (C=O) groups is 1. The summed E-state index contributed by atoms with van der Waals surface area (Å²) in [5, 5.41) is 22.4. The quantitative estimate of drug-likeness (QED) is 0.613. The number of nitrogen functional groups attached to an aromatic ring is 1. The Morgan fingerprint density at radius 3 is 2.24 bits per heavy atom. The van der Waals surface area contributed by atoms with Crippen LogP contribution in [0.15, 0.2) is 65.7 Å². The van der Waals surface area contributed by atoms with Crippen LogP contribution in [0.25, 0.3) is 11.1 Å². The van der Waals surface area contributed by atoms with E-state index in [4.69, 9.17) is 5.73 Å². The maximum Gasteiger partial charge on any atom is 0.230 e. The molecule has 0 unspecified atom stereocenters. The van der Waals surface area contributed by atoms with E-state index in [0.29, 0.717) is 22.7 Å². The van der Waals surface area contributed by atoms with Gasteiger partial charge in [-0.3, -0.25) is 4.79 Å². The molecule has 0 bridgehead atoms. The topological polar surface area (TPSA) is 116 Å². The molecule has 0 radical (unpaired) electrons. The predicted molar refractivity (Wildman–Crippen MR) is 113 cm³/mol. The van der Waals surface area contributed by atoms with Crippen molar-refractivity contribution in [3.8, 4) is 23.3 Å². The Kier molecular flexibility index (Phi) is 6.47. The van der Waals surface area contributed by atoms with E-state index in [1.165, 1.54) is 0 Å². The highest BCUT2D eigenvalue weighted by Crippen LogP contribution is 2.35. The molecule has 3 N–H and O–H groups in total. The lowest BCUT2D eigenvalue weighted by molar-refractivity contribution is -0.118. The number of nitrogens with two attached hydrogens (primary N) is 1. The number of benzene rings is 2. The summed E-state index contributed by atoms with van der Waals surface area (Å²) >= 11 is 1.12. The first-order valence-electron chi connectivity index (χ1n) is 8.76. The molecule has 29 heavy (non-hydrogen) atoms. The van der Waals surface area contributed by atoms with Crippen molar-refractivity contribution in [3.63, 3.8) is 0 Å². The van der Waals surface area contributed by atoms with Crippen molar-refractivity contribution in [2.75, 3.05) is 11.5 Å². The zero-order valence-electron chi connectivity index (χ0n) is 15.4. The fraction of sp³-hybridized carbons (Fsp3) is 0.0909. The molecule has 3 rings (SSSR count). The average Bonchev–Trinajstić information content (AvgIpc) is 2.77. The molecule has 0 saturated heterocycles. The van der Waals surface area contributed by atoms with Gasteiger partial charge in [0, 0.05) is 12.1 Å². The lowest BCUT2D eigenvalue weighted by Gasteiger charge is -2.13. The van der Waals surface area contributed by atoms with Crippen molar-refractivity contribution < 1.29 is 4.79 Å². The summed E-state index contributed by atoms with van der Waals surface area (Å²) in [5.41, 5.74) is 8.51. The number of nitriles is 2. The number of carbonyl (C=O) groups excluding carboxylic acids is 1. The summed E-state index contributed by atoms with van der Waals surface area (Å²) in [5.74, 6) is -0.0695. The summed E-state index contributed by atoms with van der Waals surface area (Å²) in [6.07, 6.45) is 0. The molecule has 6 nitrogen and oxygen atoms in total. The molecule has 0 aliphatic heterocycles. The van der Waals surface area contributed by atoms with Gasteiger partial charge in [-0.25, -0.2) is 4.98 Å². The van der Waals surface area contributed by atoms with Gasteiger partial charge in [-0.1, -0.05) is 72.4 Å². The molecule has 0 saturated carbocycles. The van der Waals surface area contributed by atoms with Crippen LogP contribution in [0.2, 0.25) is 0 Å². The van der Waals surface area contributed by atoms with E-state index in [2.05, 4.69) is 16.4 Å². The molecule has 1 aromatic heterocycles. The van der Waals surface area contributed by atoms with Crippen LogP contribution < -0.4 is 11.1 Å². The number of thioether (sulfide) groups is 1. The molecule has 3 aromatic rings. The molecule has 0 aliphatic rings. The van der Waals surface area contributed by atoms with Crippen LogP contribution >= 0.6 is 11.8 Å². The van der Waals surface area contributed by atoms with Gasteiger partial charge in [0.15, 0.2) is 0 Å². The first-order valence-corrected chi connectivity index (χ1v) is 9.75. The standard InChI is InChI=1S/C22H17N5OS/c23-11-17-20(16-9-5-2-6-10-16)18(12-24)22(27-21(17)25)29-14-19(28)26-13-15-7-3-1-4-8-15/h1-10H,13-14H2,(H2,25,27)(H,26,28). The Morgan fingerprint density at radius 1 is 1.00 bits per heavy atom. The second kappa shape index (κ2) is 9.41. The number of hydrogen-bond donors (Lipinski definition) is 2. The summed E-state index contributed by atoms with van der Waals surface area (Å²) in [4.78, 5) is 16.4. The minimum Gasteiger partial charge on any atom is -0.383 e. The first kappa shape index (κ1) is 19.9. The third kappa shape index (κ3) is 4.73. The number of amides is 1. The third-order valence-electron chi connectivity index (χ3n) is 4.15. The van der Waals surface area contributed by atoms with Gasteiger partial charge in [0.05, 0.1) is 11.3 Å². The van der Waals surface area contributed by atoms with Crippen LogP contribution in [0.1, 0.15) is 16.7 Å².